The summed E-state index contributed by atoms with van der Waals surface area (Å²) in [5.74, 6) is -0.481. The number of esters is 1. The maximum absolute atomic E-state index is 12.9. The molecule has 1 aliphatic rings. The lowest BCUT2D eigenvalue weighted by atomic mass is 9.95. The van der Waals surface area contributed by atoms with Crippen LogP contribution < -0.4 is 5.32 Å². The van der Waals surface area contributed by atoms with E-state index >= 15 is 0 Å². The van der Waals surface area contributed by atoms with E-state index in [2.05, 4.69) is 5.32 Å². The molecule has 0 bridgehead atoms. The molecule has 0 aliphatic carbocycles. The summed E-state index contributed by atoms with van der Waals surface area (Å²) in [4.78, 5) is 28.2. The third-order valence-electron chi connectivity index (χ3n) is 4.43. The van der Waals surface area contributed by atoms with Crippen molar-refractivity contribution in [2.45, 2.75) is 19.5 Å². The van der Waals surface area contributed by atoms with Gasteiger partial charge in [-0.2, -0.15) is 0 Å². The number of ether oxygens (including phenoxy) is 2. The van der Waals surface area contributed by atoms with Crippen molar-refractivity contribution in [1.82, 2.24) is 10.2 Å². The van der Waals surface area contributed by atoms with Crippen LogP contribution >= 0.6 is 22.9 Å². The number of carbonyl (C=O) groups is 2. The standard InChI is InChI=1S/C20H21ClN2O4S/c1-13-17(19(24)27-10-9-26-2)18(14-5-7-15(21)8-6-14)22-20(25)23(13)12-16-4-3-11-28-16/h3-8,11,18H,9-10,12H2,1-2H3,(H,22,25). The minimum absolute atomic E-state index is 0.137. The molecule has 148 valence electrons. The van der Waals surface area contributed by atoms with Crippen molar-refractivity contribution in [2.75, 3.05) is 20.3 Å². The quantitative estimate of drug-likeness (QED) is 0.540. The zero-order valence-electron chi connectivity index (χ0n) is 15.6. The number of rotatable bonds is 7. The van der Waals surface area contributed by atoms with E-state index in [1.807, 2.05) is 17.5 Å². The number of methoxy groups -OCH3 is 1. The van der Waals surface area contributed by atoms with Crippen LogP contribution in [0.4, 0.5) is 4.79 Å². The van der Waals surface area contributed by atoms with E-state index in [-0.39, 0.29) is 12.6 Å². The van der Waals surface area contributed by atoms with Crippen LogP contribution in [0.3, 0.4) is 0 Å². The molecular weight excluding hydrogens is 400 g/mol. The Bertz CT molecular complexity index is 865. The number of nitrogens with zero attached hydrogens (tertiary/aromatic N) is 1. The number of amides is 2. The molecule has 1 atom stereocenters. The van der Waals surface area contributed by atoms with Crippen molar-refractivity contribution in [1.29, 1.82) is 0 Å². The van der Waals surface area contributed by atoms with Crippen molar-refractivity contribution in [2.24, 2.45) is 0 Å². The molecule has 0 saturated carbocycles. The largest absolute Gasteiger partial charge is 0.460 e. The first-order valence-electron chi connectivity index (χ1n) is 8.74. The predicted octanol–water partition coefficient (Wildman–Crippen LogP) is 4.13. The fourth-order valence-corrected chi connectivity index (χ4v) is 3.81. The second-order valence-corrected chi connectivity index (χ2v) is 7.70. The molecule has 0 fully saturated rings. The van der Waals surface area contributed by atoms with Crippen molar-refractivity contribution in [3.8, 4) is 0 Å². The van der Waals surface area contributed by atoms with Crippen LogP contribution in [0, 0.1) is 0 Å². The highest BCUT2D eigenvalue weighted by Gasteiger charge is 2.36. The second kappa shape index (κ2) is 9.23. The number of thiophene rings is 1. The smallest absolute Gasteiger partial charge is 0.338 e. The van der Waals surface area contributed by atoms with Gasteiger partial charge in [0.25, 0.3) is 0 Å². The predicted molar refractivity (Wildman–Crippen MR) is 108 cm³/mol. The molecule has 0 saturated heterocycles. The summed E-state index contributed by atoms with van der Waals surface area (Å²) in [5.41, 5.74) is 1.72. The monoisotopic (exact) mass is 420 g/mol. The molecule has 2 aromatic rings. The second-order valence-electron chi connectivity index (χ2n) is 6.23. The summed E-state index contributed by atoms with van der Waals surface area (Å²) in [6.07, 6.45) is 0. The van der Waals surface area contributed by atoms with Crippen LogP contribution in [0.5, 0.6) is 0 Å². The first-order valence-corrected chi connectivity index (χ1v) is 9.99. The van der Waals surface area contributed by atoms with Gasteiger partial charge < -0.3 is 14.8 Å². The van der Waals surface area contributed by atoms with E-state index in [1.165, 1.54) is 0 Å². The summed E-state index contributed by atoms with van der Waals surface area (Å²) >= 11 is 7.54. The third kappa shape index (κ3) is 4.55. The highest BCUT2D eigenvalue weighted by Crippen LogP contribution is 2.33. The van der Waals surface area contributed by atoms with Crippen molar-refractivity contribution >= 4 is 34.9 Å². The Labute approximate surface area is 172 Å². The molecule has 8 heteroatoms. The number of halogens is 1. The van der Waals surface area contributed by atoms with Gasteiger partial charge in [0.05, 0.1) is 24.8 Å². The Morgan fingerprint density at radius 1 is 1.25 bits per heavy atom. The molecule has 2 amide bonds. The summed E-state index contributed by atoms with van der Waals surface area (Å²) < 4.78 is 10.3. The Morgan fingerprint density at radius 3 is 2.64 bits per heavy atom. The average molecular weight is 421 g/mol. The fourth-order valence-electron chi connectivity index (χ4n) is 3.00. The minimum Gasteiger partial charge on any atom is -0.460 e. The molecule has 28 heavy (non-hydrogen) atoms. The summed E-state index contributed by atoms with van der Waals surface area (Å²) in [5, 5.41) is 5.45. The SMILES string of the molecule is COCCOC(=O)C1=C(C)N(Cc2cccs2)C(=O)NC1c1ccc(Cl)cc1. The van der Waals surface area contributed by atoms with Gasteiger partial charge in [-0.25, -0.2) is 9.59 Å². The van der Waals surface area contributed by atoms with Gasteiger partial charge in [-0.1, -0.05) is 29.8 Å². The fraction of sp³-hybridized carbons (Fsp3) is 0.300. The normalized spacial score (nSPS) is 16.9. The first-order chi connectivity index (χ1) is 13.5. The zero-order chi connectivity index (χ0) is 20.1. The van der Waals surface area contributed by atoms with Crippen LogP contribution in [-0.2, 0) is 20.8 Å². The molecule has 0 spiro atoms. The molecule has 1 aromatic carbocycles. The van der Waals surface area contributed by atoms with Gasteiger partial charge in [0, 0.05) is 22.7 Å². The van der Waals surface area contributed by atoms with Gasteiger partial charge in [-0.05, 0) is 36.1 Å². The highest BCUT2D eigenvalue weighted by atomic mass is 35.5. The number of nitrogens with one attached hydrogen (secondary N) is 1. The summed E-state index contributed by atoms with van der Waals surface area (Å²) in [7, 11) is 1.54. The third-order valence-corrected chi connectivity index (χ3v) is 5.55. The maximum Gasteiger partial charge on any atom is 0.338 e. The minimum atomic E-state index is -0.612. The number of hydrogen-bond donors (Lipinski definition) is 1. The highest BCUT2D eigenvalue weighted by molar-refractivity contribution is 7.09. The van der Waals surface area contributed by atoms with Crippen LogP contribution in [0.2, 0.25) is 5.02 Å². The Kier molecular flexibility index (Phi) is 6.72. The molecule has 3 rings (SSSR count). The van der Waals surface area contributed by atoms with Gasteiger partial charge >= 0.3 is 12.0 Å². The molecule has 1 aromatic heterocycles. The zero-order valence-corrected chi connectivity index (χ0v) is 17.2. The number of urea groups is 1. The lowest BCUT2D eigenvalue weighted by Gasteiger charge is -2.35. The lowest BCUT2D eigenvalue weighted by Crippen LogP contribution is -2.47. The topological polar surface area (TPSA) is 67.9 Å². The van der Waals surface area contributed by atoms with Crippen LogP contribution in [0.15, 0.2) is 53.0 Å². The first kappa shape index (κ1) is 20.4. The Morgan fingerprint density at radius 2 is 2.00 bits per heavy atom. The van der Waals surface area contributed by atoms with E-state index in [0.29, 0.717) is 29.4 Å². The molecule has 2 heterocycles. The van der Waals surface area contributed by atoms with E-state index in [4.69, 9.17) is 21.1 Å². The number of carbonyl (C=O) groups excluding carboxylic acids is 2. The summed E-state index contributed by atoms with van der Waals surface area (Å²) in [6.45, 7) is 2.59. The van der Waals surface area contributed by atoms with E-state index in [0.717, 1.165) is 10.4 Å². The Balaban J connectivity index is 1.96. The number of benzene rings is 1. The molecule has 6 nitrogen and oxygen atoms in total. The van der Waals surface area contributed by atoms with Gasteiger partial charge in [-0.3, -0.25) is 4.90 Å². The van der Waals surface area contributed by atoms with Gasteiger partial charge in [0.1, 0.15) is 6.61 Å². The average Bonchev–Trinajstić information content (AvgIpc) is 3.18. The Hall–Kier alpha value is -2.35. The maximum atomic E-state index is 12.9. The van der Waals surface area contributed by atoms with Crippen molar-refractivity contribution < 1.29 is 19.1 Å². The van der Waals surface area contributed by atoms with Crippen molar-refractivity contribution in [3.05, 3.63) is 68.5 Å². The number of hydrogen-bond acceptors (Lipinski definition) is 5. The van der Waals surface area contributed by atoms with Crippen molar-refractivity contribution in [3.63, 3.8) is 0 Å². The van der Waals surface area contributed by atoms with Gasteiger partial charge in [0.15, 0.2) is 0 Å². The number of allylic oxidation sites excluding steroid dienone is 1. The van der Waals surface area contributed by atoms with E-state index < -0.39 is 12.0 Å². The van der Waals surface area contributed by atoms with Crippen LogP contribution in [0.25, 0.3) is 0 Å². The van der Waals surface area contributed by atoms with Crippen LogP contribution in [-0.4, -0.2) is 37.2 Å². The molecule has 1 unspecified atom stereocenters. The molecule has 0 radical (unpaired) electrons. The van der Waals surface area contributed by atoms with E-state index in [1.54, 1.807) is 54.5 Å². The summed E-state index contributed by atoms with van der Waals surface area (Å²) in [6, 6.07) is 10.0. The molecular formula is C20H21ClN2O4S. The van der Waals surface area contributed by atoms with Gasteiger partial charge in [0.2, 0.25) is 0 Å². The van der Waals surface area contributed by atoms with Gasteiger partial charge in [-0.15, -0.1) is 11.3 Å². The molecule has 1 N–H and O–H groups in total. The van der Waals surface area contributed by atoms with E-state index in [9.17, 15) is 9.59 Å². The van der Waals surface area contributed by atoms with Crippen LogP contribution in [0.1, 0.15) is 23.4 Å². The molecule has 1 aliphatic heterocycles. The lowest BCUT2D eigenvalue weighted by molar-refractivity contribution is -0.140.